The Morgan fingerprint density at radius 2 is 2.00 bits per heavy atom. The van der Waals surface area contributed by atoms with Gasteiger partial charge in [0, 0.05) is 0 Å². The van der Waals surface area contributed by atoms with Gasteiger partial charge in [-0.25, -0.2) is 0 Å². The van der Waals surface area contributed by atoms with Crippen LogP contribution in [0.3, 0.4) is 0 Å². The van der Waals surface area contributed by atoms with Gasteiger partial charge in [0.15, 0.2) is 0 Å². The quantitative estimate of drug-likeness (QED) is 0.622. The summed E-state index contributed by atoms with van der Waals surface area (Å²) in [6, 6.07) is 10.1. The molecule has 2 bridgehead atoms. The summed E-state index contributed by atoms with van der Waals surface area (Å²) in [7, 11) is 1.48. The van der Waals surface area contributed by atoms with E-state index in [1.54, 1.807) is 0 Å². The second-order valence-electron chi connectivity index (χ2n) is 5.72. The first-order chi connectivity index (χ1) is 9.76. The predicted octanol–water partition coefficient (Wildman–Crippen LogP) is 3.45. The van der Waals surface area contributed by atoms with Crippen molar-refractivity contribution in [2.45, 2.75) is 32.3 Å². The maximum Gasteiger partial charge on any atom is 0.316 e. The molecule has 1 aromatic rings. The van der Waals surface area contributed by atoms with Gasteiger partial charge in [-0.3, -0.25) is 4.79 Å². The van der Waals surface area contributed by atoms with Crippen LogP contribution in [0, 0.1) is 11.3 Å². The Kier molecular flexibility index (Phi) is 3.51. The fourth-order valence-corrected chi connectivity index (χ4v) is 3.63. The zero-order valence-corrected chi connectivity index (χ0v) is 11.8. The largest absolute Gasteiger partial charge is 0.497 e. The second kappa shape index (κ2) is 5.31. The minimum Gasteiger partial charge on any atom is -0.497 e. The minimum atomic E-state index is -0.393. The smallest absolute Gasteiger partial charge is 0.316 e. The molecule has 3 heteroatoms. The van der Waals surface area contributed by atoms with Crippen LogP contribution >= 0.6 is 0 Å². The Hall–Kier alpha value is -1.77. The molecule has 0 amide bonds. The average Bonchev–Trinajstić information content (AvgIpc) is 3.03. The van der Waals surface area contributed by atoms with E-state index in [2.05, 4.69) is 0 Å². The Labute approximate surface area is 119 Å². The topological polar surface area (TPSA) is 35.5 Å². The van der Waals surface area contributed by atoms with Crippen molar-refractivity contribution in [3.63, 3.8) is 0 Å². The van der Waals surface area contributed by atoms with Crippen molar-refractivity contribution < 1.29 is 14.3 Å². The predicted molar refractivity (Wildman–Crippen MR) is 75.7 cm³/mol. The number of ether oxygens (including phenoxy) is 2. The number of carbonyl (C=O) groups is 1. The number of rotatable bonds is 4. The highest BCUT2D eigenvalue weighted by molar-refractivity contribution is 5.82. The summed E-state index contributed by atoms with van der Waals surface area (Å²) < 4.78 is 10.7. The minimum absolute atomic E-state index is 0.0907. The van der Waals surface area contributed by atoms with Gasteiger partial charge in [0.1, 0.15) is 6.61 Å². The Morgan fingerprint density at radius 3 is 2.65 bits per heavy atom. The third-order valence-electron chi connectivity index (χ3n) is 4.71. The third-order valence-corrected chi connectivity index (χ3v) is 4.71. The van der Waals surface area contributed by atoms with Gasteiger partial charge in [-0.1, -0.05) is 30.3 Å². The number of benzene rings is 1. The van der Waals surface area contributed by atoms with Crippen molar-refractivity contribution in [3.8, 4) is 0 Å². The molecular weight excluding hydrogens is 252 g/mol. The molecule has 20 heavy (non-hydrogen) atoms. The average molecular weight is 272 g/mol. The highest BCUT2D eigenvalue weighted by atomic mass is 16.5. The molecule has 0 N–H and O–H groups in total. The lowest BCUT2D eigenvalue weighted by Gasteiger charge is -2.23. The van der Waals surface area contributed by atoms with E-state index < -0.39 is 5.41 Å². The molecular formula is C17H20O3. The van der Waals surface area contributed by atoms with Gasteiger partial charge in [-0.05, 0) is 42.7 Å². The van der Waals surface area contributed by atoms with E-state index in [0.29, 0.717) is 12.5 Å². The second-order valence-corrected chi connectivity index (χ2v) is 5.72. The van der Waals surface area contributed by atoms with Crippen LogP contribution in [0.4, 0.5) is 0 Å². The molecule has 2 fully saturated rings. The van der Waals surface area contributed by atoms with Crippen LogP contribution in [0.1, 0.15) is 31.2 Å². The van der Waals surface area contributed by atoms with Crippen LogP contribution in [0.15, 0.2) is 42.2 Å². The molecule has 1 aromatic carbocycles. The molecule has 0 spiro atoms. The van der Waals surface area contributed by atoms with Crippen molar-refractivity contribution in [1.29, 1.82) is 0 Å². The molecule has 0 aromatic heterocycles. The molecule has 0 atom stereocenters. The van der Waals surface area contributed by atoms with E-state index >= 15 is 0 Å². The summed E-state index contributed by atoms with van der Waals surface area (Å²) in [6.45, 7) is 0.550. The molecule has 0 aliphatic heterocycles. The van der Waals surface area contributed by atoms with Crippen molar-refractivity contribution in [2.75, 3.05) is 7.11 Å². The zero-order valence-electron chi connectivity index (χ0n) is 11.8. The summed E-state index contributed by atoms with van der Waals surface area (Å²) in [5, 5.41) is 0. The van der Waals surface area contributed by atoms with Crippen molar-refractivity contribution in [1.82, 2.24) is 0 Å². The van der Waals surface area contributed by atoms with Gasteiger partial charge in [0.2, 0.25) is 0 Å². The van der Waals surface area contributed by atoms with Crippen molar-refractivity contribution in [2.24, 2.45) is 11.3 Å². The van der Waals surface area contributed by atoms with E-state index in [-0.39, 0.29) is 5.97 Å². The number of hydrogen-bond donors (Lipinski definition) is 0. The van der Waals surface area contributed by atoms with Crippen LogP contribution in [0.5, 0.6) is 0 Å². The lowest BCUT2D eigenvalue weighted by atomic mass is 9.82. The molecule has 3 nitrogen and oxygen atoms in total. The zero-order chi connectivity index (χ0) is 14.0. The molecule has 0 unspecified atom stereocenters. The first-order valence-electron chi connectivity index (χ1n) is 7.21. The molecule has 2 saturated carbocycles. The summed E-state index contributed by atoms with van der Waals surface area (Å²) in [5.41, 5.74) is 1.90. The van der Waals surface area contributed by atoms with E-state index in [4.69, 9.17) is 9.47 Å². The van der Waals surface area contributed by atoms with Crippen LogP contribution in [-0.2, 0) is 20.9 Å². The Balaban J connectivity index is 1.72. The lowest BCUT2D eigenvalue weighted by molar-refractivity contribution is -0.150. The first kappa shape index (κ1) is 13.2. The van der Waals surface area contributed by atoms with Crippen LogP contribution in [0.25, 0.3) is 0 Å². The molecule has 3 rings (SSSR count). The van der Waals surface area contributed by atoms with Gasteiger partial charge in [0.25, 0.3) is 0 Å². The van der Waals surface area contributed by atoms with Gasteiger partial charge in [-0.2, -0.15) is 0 Å². The van der Waals surface area contributed by atoms with Gasteiger partial charge >= 0.3 is 5.97 Å². The monoisotopic (exact) mass is 272 g/mol. The molecule has 2 aliphatic rings. The fraction of sp³-hybridized carbons (Fsp3) is 0.471. The number of carbonyl (C=O) groups excluding carboxylic acids is 1. The van der Waals surface area contributed by atoms with Crippen LogP contribution < -0.4 is 0 Å². The number of methoxy groups -OCH3 is 1. The Bertz CT molecular complexity index is 510. The summed E-state index contributed by atoms with van der Waals surface area (Å²) >= 11 is 0. The molecule has 2 aliphatic carbocycles. The fourth-order valence-electron chi connectivity index (χ4n) is 3.63. The number of esters is 1. The third kappa shape index (κ3) is 2.11. The Morgan fingerprint density at radius 1 is 1.30 bits per heavy atom. The lowest BCUT2D eigenvalue weighted by Crippen LogP contribution is -2.29. The summed E-state index contributed by atoms with van der Waals surface area (Å²) in [6.07, 6.45) is 5.80. The molecule has 0 radical (unpaired) electrons. The molecule has 106 valence electrons. The van der Waals surface area contributed by atoms with Crippen molar-refractivity contribution >= 4 is 5.97 Å². The molecule has 0 heterocycles. The van der Waals surface area contributed by atoms with Crippen LogP contribution in [-0.4, -0.2) is 13.1 Å². The summed E-state index contributed by atoms with van der Waals surface area (Å²) in [4.78, 5) is 12.1. The SMILES string of the molecule is COC(=O)C12CCC(CC1)C2=COCc1ccccc1. The van der Waals surface area contributed by atoms with E-state index in [0.717, 1.165) is 36.8 Å². The van der Waals surface area contributed by atoms with E-state index in [1.807, 2.05) is 36.6 Å². The van der Waals surface area contributed by atoms with E-state index in [1.165, 1.54) is 7.11 Å². The van der Waals surface area contributed by atoms with Gasteiger partial charge < -0.3 is 9.47 Å². The summed E-state index contributed by atoms with van der Waals surface area (Å²) in [5.74, 6) is 0.414. The maximum atomic E-state index is 12.1. The first-order valence-corrected chi connectivity index (χ1v) is 7.21. The standard InChI is InChI=1S/C17H20O3/c1-19-16(18)17-9-7-14(8-10-17)15(17)12-20-11-13-5-3-2-4-6-13/h2-6,12,14H,7-11H2,1H3. The van der Waals surface area contributed by atoms with E-state index in [9.17, 15) is 4.79 Å². The normalized spacial score (nSPS) is 29.6. The highest BCUT2D eigenvalue weighted by Gasteiger charge is 2.55. The van der Waals surface area contributed by atoms with Crippen molar-refractivity contribution in [3.05, 3.63) is 47.7 Å². The van der Waals surface area contributed by atoms with Gasteiger partial charge in [0.05, 0.1) is 18.8 Å². The number of fused-ring (bicyclic) bond motifs is 2. The maximum absolute atomic E-state index is 12.1. The highest BCUT2D eigenvalue weighted by Crippen LogP contribution is 2.58. The van der Waals surface area contributed by atoms with Gasteiger partial charge in [-0.15, -0.1) is 0 Å². The molecule has 0 saturated heterocycles. The number of hydrogen-bond acceptors (Lipinski definition) is 3. The van der Waals surface area contributed by atoms with Crippen LogP contribution in [0.2, 0.25) is 0 Å².